The van der Waals surface area contributed by atoms with E-state index in [1.807, 2.05) is 13.1 Å². The minimum absolute atomic E-state index is 0.0982. The maximum absolute atomic E-state index is 12.2. The summed E-state index contributed by atoms with van der Waals surface area (Å²) in [6.07, 6.45) is 2.03. The van der Waals surface area contributed by atoms with Crippen molar-refractivity contribution < 1.29 is 9.90 Å². The SMILES string of the molecule is CN(Cc1cccc(O)c1)C(=O)C1CCCNC1. The van der Waals surface area contributed by atoms with Gasteiger partial charge in [0.05, 0.1) is 5.92 Å². The van der Waals surface area contributed by atoms with Crippen molar-refractivity contribution >= 4 is 5.91 Å². The van der Waals surface area contributed by atoms with Gasteiger partial charge in [0.1, 0.15) is 5.75 Å². The molecule has 18 heavy (non-hydrogen) atoms. The van der Waals surface area contributed by atoms with Gasteiger partial charge in [0.2, 0.25) is 5.91 Å². The predicted octanol–water partition coefficient (Wildman–Crippen LogP) is 1.35. The largest absolute Gasteiger partial charge is 0.508 e. The molecule has 1 heterocycles. The van der Waals surface area contributed by atoms with Crippen LogP contribution in [-0.4, -0.2) is 36.1 Å². The Hall–Kier alpha value is -1.55. The molecule has 4 nitrogen and oxygen atoms in total. The molecule has 2 rings (SSSR count). The minimum atomic E-state index is 0.0982. The van der Waals surface area contributed by atoms with Gasteiger partial charge in [-0.3, -0.25) is 4.79 Å². The highest BCUT2D eigenvalue weighted by atomic mass is 16.3. The van der Waals surface area contributed by atoms with Crippen LogP contribution in [-0.2, 0) is 11.3 Å². The van der Waals surface area contributed by atoms with Crippen molar-refractivity contribution in [3.63, 3.8) is 0 Å². The number of phenols is 1. The van der Waals surface area contributed by atoms with Crippen LogP contribution in [0.5, 0.6) is 5.75 Å². The van der Waals surface area contributed by atoms with Crippen molar-refractivity contribution in [3.05, 3.63) is 29.8 Å². The molecule has 0 radical (unpaired) electrons. The van der Waals surface area contributed by atoms with Crippen molar-refractivity contribution in [1.82, 2.24) is 10.2 Å². The summed E-state index contributed by atoms with van der Waals surface area (Å²) < 4.78 is 0. The van der Waals surface area contributed by atoms with Crippen molar-refractivity contribution in [2.45, 2.75) is 19.4 Å². The summed E-state index contributed by atoms with van der Waals surface area (Å²) in [5.41, 5.74) is 0.953. The normalized spacial score (nSPS) is 19.5. The lowest BCUT2D eigenvalue weighted by Gasteiger charge is -2.27. The van der Waals surface area contributed by atoms with Crippen molar-refractivity contribution in [2.24, 2.45) is 5.92 Å². The number of phenolic OH excluding ortho intramolecular Hbond substituents is 1. The molecule has 0 aromatic heterocycles. The van der Waals surface area contributed by atoms with Crippen molar-refractivity contribution in [1.29, 1.82) is 0 Å². The van der Waals surface area contributed by atoms with E-state index in [0.29, 0.717) is 6.54 Å². The summed E-state index contributed by atoms with van der Waals surface area (Å²) in [5.74, 6) is 0.527. The molecule has 2 N–H and O–H groups in total. The fourth-order valence-electron chi connectivity index (χ4n) is 2.38. The maximum Gasteiger partial charge on any atom is 0.227 e. The summed E-state index contributed by atoms with van der Waals surface area (Å²) in [6.45, 7) is 2.34. The Morgan fingerprint density at radius 1 is 1.56 bits per heavy atom. The smallest absolute Gasteiger partial charge is 0.227 e. The van der Waals surface area contributed by atoms with Crippen LogP contribution in [0.1, 0.15) is 18.4 Å². The molecule has 0 bridgehead atoms. The van der Waals surface area contributed by atoms with Gasteiger partial charge in [-0.25, -0.2) is 0 Å². The van der Waals surface area contributed by atoms with E-state index >= 15 is 0 Å². The van der Waals surface area contributed by atoms with Gasteiger partial charge in [0.25, 0.3) is 0 Å². The number of benzene rings is 1. The first kappa shape index (κ1) is 12.9. The first-order chi connectivity index (χ1) is 8.66. The molecule has 1 aliphatic rings. The molecular weight excluding hydrogens is 228 g/mol. The first-order valence-corrected chi connectivity index (χ1v) is 6.40. The summed E-state index contributed by atoms with van der Waals surface area (Å²) in [4.78, 5) is 14.0. The number of carbonyl (C=O) groups excluding carboxylic acids is 1. The number of piperidine rings is 1. The Bertz CT molecular complexity index is 414. The van der Waals surface area contributed by atoms with E-state index in [2.05, 4.69) is 5.32 Å². The number of hydrogen-bond donors (Lipinski definition) is 2. The van der Waals surface area contributed by atoms with Gasteiger partial charge in [0, 0.05) is 20.1 Å². The summed E-state index contributed by atoms with van der Waals surface area (Å²) in [5, 5.41) is 12.7. The quantitative estimate of drug-likeness (QED) is 0.849. The molecule has 1 saturated heterocycles. The second-order valence-electron chi connectivity index (χ2n) is 4.91. The number of aromatic hydroxyl groups is 1. The van der Waals surface area contributed by atoms with E-state index < -0.39 is 0 Å². The Labute approximate surface area is 108 Å². The second kappa shape index (κ2) is 5.87. The molecule has 1 aromatic carbocycles. The highest BCUT2D eigenvalue weighted by Crippen LogP contribution is 2.16. The zero-order valence-corrected chi connectivity index (χ0v) is 10.7. The zero-order chi connectivity index (χ0) is 13.0. The molecule has 1 atom stereocenters. The van der Waals surface area contributed by atoms with E-state index in [0.717, 1.165) is 31.5 Å². The first-order valence-electron chi connectivity index (χ1n) is 6.40. The number of nitrogens with zero attached hydrogens (tertiary/aromatic N) is 1. The topological polar surface area (TPSA) is 52.6 Å². The summed E-state index contributed by atoms with van der Waals surface area (Å²) in [7, 11) is 1.82. The number of rotatable bonds is 3. The van der Waals surface area contributed by atoms with Gasteiger partial charge in [-0.2, -0.15) is 0 Å². The standard InChI is InChI=1S/C14H20N2O2/c1-16(10-11-4-2-6-13(17)8-11)14(18)12-5-3-7-15-9-12/h2,4,6,8,12,15,17H,3,5,7,9-10H2,1H3. The maximum atomic E-state index is 12.2. The van der Waals surface area contributed by atoms with Crippen LogP contribution in [0.25, 0.3) is 0 Å². The molecule has 1 amide bonds. The molecule has 0 aliphatic carbocycles. The van der Waals surface area contributed by atoms with Crippen LogP contribution >= 0.6 is 0 Å². The van der Waals surface area contributed by atoms with E-state index in [-0.39, 0.29) is 17.6 Å². The fourth-order valence-corrected chi connectivity index (χ4v) is 2.38. The minimum Gasteiger partial charge on any atom is -0.508 e. The lowest BCUT2D eigenvalue weighted by molar-refractivity contribution is -0.135. The van der Waals surface area contributed by atoms with Crippen molar-refractivity contribution in [3.8, 4) is 5.75 Å². The molecule has 0 saturated carbocycles. The molecule has 0 spiro atoms. The van der Waals surface area contributed by atoms with Gasteiger partial charge in [-0.15, -0.1) is 0 Å². The van der Waals surface area contributed by atoms with Crippen LogP contribution in [0.15, 0.2) is 24.3 Å². The van der Waals surface area contributed by atoms with Gasteiger partial charge in [-0.1, -0.05) is 12.1 Å². The van der Waals surface area contributed by atoms with Gasteiger partial charge in [-0.05, 0) is 37.1 Å². The molecule has 1 unspecified atom stereocenters. The monoisotopic (exact) mass is 248 g/mol. The Morgan fingerprint density at radius 3 is 3.06 bits per heavy atom. The van der Waals surface area contributed by atoms with Crippen molar-refractivity contribution in [2.75, 3.05) is 20.1 Å². The third-order valence-electron chi connectivity index (χ3n) is 3.35. The average molecular weight is 248 g/mol. The highest BCUT2D eigenvalue weighted by molar-refractivity contribution is 5.78. The number of amides is 1. The third-order valence-corrected chi connectivity index (χ3v) is 3.35. The Balaban J connectivity index is 1.94. The average Bonchev–Trinajstić information content (AvgIpc) is 2.39. The molecule has 1 fully saturated rings. The van der Waals surface area contributed by atoms with E-state index in [9.17, 15) is 9.90 Å². The molecule has 1 aliphatic heterocycles. The molecule has 1 aromatic rings. The fraction of sp³-hybridized carbons (Fsp3) is 0.500. The molecule has 98 valence electrons. The highest BCUT2D eigenvalue weighted by Gasteiger charge is 2.23. The van der Waals surface area contributed by atoms with E-state index in [1.54, 1.807) is 23.1 Å². The van der Waals surface area contributed by atoms with E-state index in [4.69, 9.17) is 0 Å². The Kier molecular flexibility index (Phi) is 4.20. The van der Waals surface area contributed by atoms with Gasteiger partial charge in [0.15, 0.2) is 0 Å². The van der Waals surface area contributed by atoms with Crippen LogP contribution < -0.4 is 5.32 Å². The lowest BCUT2D eigenvalue weighted by atomic mass is 9.98. The predicted molar refractivity (Wildman–Crippen MR) is 70.2 cm³/mol. The van der Waals surface area contributed by atoms with Crippen LogP contribution in [0.2, 0.25) is 0 Å². The van der Waals surface area contributed by atoms with Gasteiger partial charge < -0.3 is 15.3 Å². The lowest BCUT2D eigenvalue weighted by Crippen LogP contribution is -2.41. The Morgan fingerprint density at radius 2 is 2.39 bits per heavy atom. The van der Waals surface area contributed by atoms with Crippen LogP contribution in [0, 0.1) is 5.92 Å². The number of nitrogens with one attached hydrogen (secondary N) is 1. The third kappa shape index (κ3) is 3.23. The van der Waals surface area contributed by atoms with E-state index in [1.165, 1.54) is 0 Å². The van der Waals surface area contributed by atoms with Gasteiger partial charge >= 0.3 is 0 Å². The zero-order valence-electron chi connectivity index (χ0n) is 10.7. The number of hydrogen-bond acceptors (Lipinski definition) is 3. The van der Waals surface area contributed by atoms with Crippen LogP contribution in [0.3, 0.4) is 0 Å². The summed E-state index contributed by atoms with van der Waals surface area (Å²) >= 11 is 0. The summed E-state index contributed by atoms with van der Waals surface area (Å²) in [6, 6.07) is 7.05. The molecule has 4 heteroatoms. The molecular formula is C14H20N2O2. The van der Waals surface area contributed by atoms with Crippen LogP contribution in [0.4, 0.5) is 0 Å². The number of carbonyl (C=O) groups is 1. The second-order valence-corrected chi connectivity index (χ2v) is 4.91.